The number of carbonyl (C=O) groups excluding carboxylic acids is 1. The maximum Gasteiger partial charge on any atom is 0.330 e. The summed E-state index contributed by atoms with van der Waals surface area (Å²) < 4.78 is 16.8. The first kappa shape index (κ1) is 20.0. The number of carbonyl (C=O) groups is 1. The summed E-state index contributed by atoms with van der Waals surface area (Å²) in [7, 11) is 1.60. The predicted molar refractivity (Wildman–Crippen MR) is 104 cm³/mol. The second-order valence-electron chi connectivity index (χ2n) is 5.78. The summed E-state index contributed by atoms with van der Waals surface area (Å²) in [5, 5.41) is 0.930. The first-order valence-corrected chi connectivity index (χ1v) is 9.49. The van der Waals surface area contributed by atoms with E-state index in [0.717, 1.165) is 47.9 Å². The fourth-order valence-corrected chi connectivity index (χ4v) is 3.34. The SMILES string of the molecule is C=CC(=O)OCCCCCCCOc1cc(=O)sc2cc(OC)ccc12. The Kier molecular flexibility index (Phi) is 8.15. The number of esters is 1. The molecule has 0 N–H and O–H groups in total. The van der Waals surface area contributed by atoms with Crippen molar-refractivity contribution in [2.45, 2.75) is 32.1 Å². The maximum absolute atomic E-state index is 11.9. The van der Waals surface area contributed by atoms with Crippen LogP contribution in [-0.2, 0) is 9.53 Å². The molecule has 0 unspecified atom stereocenters. The maximum atomic E-state index is 11.9. The lowest BCUT2D eigenvalue weighted by molar-refractivity contribution is -0.137. The molecular weight excluding hydrogens is 352 g/mol. The zero-order chi connectivity index (χ0) is 18.8. The van der Waals surface area contributed by atoms with Gasteiger partial charge in [-0.05, 0) is 31.0 Å². The molecule has 0 amide bonds. The summed E-state index contributed by atoms with van der Waals surface area (Å²) >= 11 is 1.19. The Balaban J connectivity index is 1.73. The Hall–Kier alpha value is -2.34. The highest BCUT2D eigenvalue weighted by atomic mass is 32.1. The van der Waals surface area contributed by atoms with E-state index in [9.17, 15) is 9.59 Å². The van der Waals surface area contributed by atoms with E-state index >= 15 is 0 Å². The van der Waals surface area contributed by atoms with Gasteiger partial charge in [0.25, 0.3) is 0 Å². The smallest absolute Gasteiger partial charge is 0.330 e. The summed E-state index contributed by atoms with van der Waals surface area (Å²) in [5.41, 5.74) is 0. The minimum Gasteiger partial charge on any atom is -0.497 e. The van der Waals surface area contributed by atoms with Crippen molar-refractivity contribution in [1.29, 1.82) is 0 Å². The summed E-state index contributed by atoms with van der Waals surface area (Å²) in [6, 6.07) is 7.19. The molecular formula is C20H24O5S. The van der Waals surface area contributed by atoms with Crippen LogP contribution in [0, 0.1) is 0 Å². The van der Waals surface area contributed by atoms with E-state index in [-0.39, 0.29) is 10.7 Å². The van der Waals surface area contributed by atoms with Crippen LogP contribution in [0.1, 0.15) is 32.1 Å². The number of benzene rings is 1. The quantitative estimate of drug-likeness (QED) is 0.332. The van der Waals surface area contributed by atoms with E-state index in [1.807, 2.05) is 18.2 Å². The van der Waals surface area contributed by atoms with E-state index in [1.54, 1.807) is 13.2 Å². The summed E-state index contributed by atoms with van der Waals surface area (Å²) in [6.45, 7) is 4.36. The third-order valence-electron chi connectivity index (χ3n) is 3.87. The van der Waals surface area contributed by atoms with Gasteiger partial charge in [0.15, 0.2) is 0 Å². The number of fused-ring (bicyclic) bond motifs is 1. The molecule has 0 fully saturated rings. The molecule has 0 radical (unpaired) electrons. The molecule has 6 heteroatoms. The van der Waals surface area contributed by atoms with Gasteiger partial charge < -0.3 is 14.2 Å². The van der Waals surface area contributed by atoms with Crippen LogP contribution in [0.2, 0.25) is 0 Å². The molecule has 5 nitrogen and oxygen atoms in total. The monoisotopic (exact) mass is 376 g/mol. The van der Waals surface area contributed by atoms with Crippen LogP contribution in [0.5, 0.6) is 11.5 Å². The molecule has 26 heavy (non-hydrogen) atoms. The van der Waals surface area contributed by atoms with Gasteiger partial charge in [-0.25, -0.2) is 4.79 Å². The minimum atomic E-state index is -0.371. The second-order valence-corrected chi connectivity index (χ2v) is 6.83. The molecule has 0 saturated carbocycles. The Morgan fingerprint density at radius 1 is 1.12 bits per heavy atom. The van der Waals surface area contributed by atoms with E-state index in [4.69, 9.17) is 14.2 Å². The molecule has 0 aliphatic carbocycles. The van der Waals surface area contributed by atoms with Gasteiger partial charge >= 0.3 is 5.97 Å². The Morgan fingerprint density at radius 2 is 1.85 bits per heavy atom. The highest BCUT2D eigenvalue weighted by molar-refractivity contribution is 7.16. The van der Waals surface area contributed by atoms with Crippen LogP contribution >= 0.6 is 11.3 Å². The van der Waals surface area contributed by atoms with Gasteiger partial charge in [0.05, 0.1) is 20.3 Å². The molecule has 1 aromatic heterocycles. The average Bonchev–Trinajstić information content (AvgIpc) is 2.65. The third kappa shape index (κ3) is 6.19. The summed E-state index contributed by atoms with van der Waals surface area (Å²) in [6.07, 6.45) is 6.03. The first-order valence-electron chi connectivity index (χ1n) is 8.68. The van der Waals surface area contributed by atoms with Crippen molar-refractivity contribution in [3.8, 4) is 11.5 Å². The molecule has 2 rings (SSSR count). The second kappa shape index (κ2) is 10.6. The molecule has 0 aliphatic rings. The molecule has 1 heterocycles. The van der Waals surface area contributed by atoms with Crippen molar-refractivity contribution in [1.82, 2.24) is 0 Å². The van der Waals surface area contributed by atoms with Crippen molar-refractivity contribution < 1.29 is 19.0 Å². The molecule has 0 saturated heterocycles. The Bertz CT molecular complexity index is 796. The third-order valence-corrected chi connectivity index (χ3v) is 4.75. The molecule has 0 spiro atoms. The summed E-state index contributed by atoms with van der Waals surface area (Å²) in [5.74, 6) is 0.983. The molecule has 0 bridgehead atoms. The van der Waals surface area contributed by atoms with Gasteiger partial charge in [-0.2, -0.15) is 0 Å². The van der Waals surface area contributed by atoms with E-state index < -0.39 is 0 Å². The molecule has 2 aromatic rings. The van der Waals surface area contributed by atoms with Crippen LogP contribution in [-0.4, -0.2) is 26.3 Å². The molecule has 0 aliphatic heterocycles. The van der Waals surface area contributed by atoms with Crippen LogP contribution in [0.25, 0.3) is 10.1 Å². The van der Waals surface area contributed by atoms with Crippen molar-refractivity contribution in [3.05, 3.63) is 46.5 Å². The van der Waals surface area contributed by atoms with Crippen molar-refractivity contribution in [2.75, 3.05) is 20.3 Å². The number of hydrogen-bond acceptors (Lipinski definition) is 6. The predicted octanol–water partition coefficient (Wildman–Crippen LogP) is 4.33. The fraction of sp³-hybridized carbons (Fsp3) is 0.400. The lowest BCUT2D eigenvalue weighted by Crippen LogP contribution is -2.02. The fourth-order valence-electron chi connectivity index (χ4n) is 2.51. The van der Waals surface area contributed by atoms with Gasteiger partial charge in [-0.15, -0.1) is 0 Å². The number of methoxy groups -OCH3 is 1. The highest BCUT2D eigenvalue weighted by Gasteiger charge is 2.06. The van der Waals surface area contributed by atoms with Crippen LogP contribution in [0.3, 0.4) is 0 Å². The minimum absolute atomic E-state index is 0.0326. The zero-order valence-corrected chi connectivity index (χ0v) is 15.8. The van der Waals surface area contributed by atoms with Crippen LogP contribution < -0.4 is 14.2 Å². The van der Waals surface area contributed by atoms with Crippen LogP contribution in [0.15, 0.2) is 41.7 Å². The average molecular weight is 376 g/mol. The topological polar surface area (TPSA) is 61.8 Å². The standard InChI is InChI=1S/C20H24O5S/c1-3-19(21)25-12-8-6-4-5-7-11-24-17-14-20(22)26-18-13-15(23-2)9-10-16(17)18/h3,9-10,13-14H,1,4-8,11-12H2,2H3. The number of ether oxygens (including phenoxy) is 3. The number of rotatable bonds is 11. The van der Waals surface area contributed by atoms with Gasteiger partial charge in [-0.3, -0.25) is 4.79 Å². The van der Waals surface area contributed by atoms with E-state index in [0.29, 0.717) is 19.0 Å². The van der Waals surface area contributed by atoms with Crippen molar-refractivity contribution in [3.63, 3.8) is 0 Å². The van der Waals surface area contributed by atoms with Gasteiger partial charge in [0, 0.05) is 22.2 Å². The lowest BCUT2D eigenvalue weighted by atomic mass is 10.1. The van der Waals surface area contributed by atoms with E-state index in [1.165, 1.54) is 17.4 Å². The lowest BCUT2D eigenvalue weighted by Gasteiger charge is -2.09. The first-order chi connectivity index (χ1) is 12.6. The molecule has 140 valence electrons. The molecule has 1 aromatic carbocycles. The van der Waals surface area contributed by atoms with Gasteiger partial charge in [0.2, 0.25) is 4.74 Å². The Morgan fingerprint density at radius 3 is 2.58 bits per heavy atom. The summed E-state index contributed by atoms with van der Waals surface area (Å²) in [4.78, 5) is 22.8. The zero-order valence-electron chi connectivity index (χ0n) is 15.0. The number of unbranched alkanes of at least 4 members (excludes halogenated alkanes) is 4. The van der Waals surface area contributed by atoms with Crippen molar-refractivity contribution in [2.24, 2.45) is 0 Å². The van der Waals surface area contributed by atoms with Gasteiger partial charge in [0.1, 0.15) is 11.5 Å². The van der Waals surface area contributed by atoms with Crippen molar-refractivity contribution >= 4 is 27.4 Å². The number of hydrogen-bond donors (Lipinski definition) is 0. The van der Waals surface area contributed by atoms with E-state index in [2.05, 4.69) is 6.58 Å². The van der Waals surface area contributed by atoms with Gasteiger partial charge in [-0.1, -0.05) is 37.2 Å². The molecule has 0 atom stereocenters. The van der Waals surface area contributed by atoms with Crippen LogP contribution in [0.4, 0.5) is 0 Å². The normalized spacial score (nSPS) is 10.5. The largest absolute Gasteiger partial charge is 0.497 e. The highest BCUT2D eigenvalue weighted by Crippen LogP contribution is 2.29. The Labute approximate surface area is 157 Å².